The van der Waals surface area contributed by atoms with E-state index >= 15 is 0 Å². The molecule has 0 aromatic carbocycles. The topological polar surface area (TPSA) is 26.0 Å². The van der Waals surface area contributed by atoms with Crippen LogP contribution in [0, 0.1) is 23.2 Å². The second-order valence-corrected chi connectivity index (χ2v) is 6.29. The molecule has 0 aliphatic heterocycles. The minimum atomic E-state index is 0.461. The predicted octanol–water partition coefficient (Wildman–Crippen LogP) is 4.85. The SMILES string of the molecule is CCCC(C)C(C)C(C)(CCC)C(C)CCN. The van der Waals surface area contributed by atoms with Crippen LogP contribution < -0.4 is 5.73 Å². The summed E-state index contributed by atoms with van der Waals surface area (Å²) in [7, 11) is 0. The Hall–Kier alpha value is -0.0400. The molecule has 0 amide bonds. The number of rotatable bonds is 9. The van der Waals surface area contributed by atoms with Gasteiger partial charge in [0.05, 0.1) is 0 Å². The van der Waals surface area contributed by atoms with Gasteiger partial charge in [0.25, 0.3) is 0 Å². The van der Waals surface area contributed by atoms with Crippen molar-refractivity contribution in [3.05, 3.63) is 0 Å². The molecule has 0 aromatic heterocycles. The summed E-state index contributed by atoms with van der Waals surface area (Å²) in [4.78, 5) is 0. The lowest BCUT2D eigenvalue weighted by Gasteiger charge is -2.44. The van der Waals surface area contributed by atoms with Crippen molar-refractivity contribution in [2.24, 2.45) is 28.9 Å². The van der Waals surface area contributed by atoms with Crippen molar-refractivity contribution in [2.45, 2.75) is 73.6 Å². The zero-order chi connectivity index (χ0) is 13.5. The van der Waals surface area contributed by atoms with Crippen LogP contribution in [0.15, 0.2) is 0 Å². The first kappa shape index (κ1) is 17.0. The van der Waals surface area contributed by atoms with Crippen LogP contribution in [0.4, 0.5) is 0 Å². The van der Waals surface area contributed by atoms with E-state index in [1.165, 1.54) is 32.1 Å². The quantitative estimate of drug-likeness (QED) is 0.613. The first-order valence-electron chi connectivity index (χ1n) is 7.64. The molecule has 17 heavy (non-hydrogen) atoms. The molecule has 0 saturated heterocycles. The summed E-state index contributed by atoms with van der Waals surface area (Å²) in [6.45, 7) is 15.2. The van der Waals surface area contributed by atoms with Gasteiger partial charge in [0.15, 0.2) is 0 Å². The number of hydrogen-bond donors (Lipinski definition) is 1. The molecule has 0 aliphatic carbocycles. The molecular weight excluding hydrogens is 206 g/mol. The molecule has 4 unspecified atom stereocenters. The van der Waals surface area contributed by atoms with Gasteiger partial charge in [0.2, 0.25) is 0 Å². The largest absolute Gasteiger partial charge is 0.330 e. The Kier molecular flexibility index (Phi) is 8.11. The molecule has 104 valence electrons. The smallest absolute Gasteiger partial charge is 0.00745 e. The molecule has 0 spiro atoms. The Morgan fingerprint density at radius 2 is 1.59 bits per heavy atom. The molecule has 1 nitrogen and oxygen atoms in total. The first-order chi connectivity index (χ1) is 7.93. The Morgan fingerprint density at radius 3 is 2.00 bits per heavy atom. The fourth-order valence-electron chi connectivity index (χ4n) is 3.40. The lowest BCUT2D eigenvalue weighted by Crippen LogP contribution is -2.37. The van der Waals surface area contributed by atoms with E-state index in [9.17, 15) is 0 Å². The monoisotopic (exact) mass is 241 g/mol. The third kappa shape index (κ3) is 4.62. The summed E-state index contributed by atoms with van der Waals surface area (Å²) in [6, 6.07) is 0. The van der Waals surface area contributed by atoms with Crippen LogP contribution in [0.25, 0.3) is 0 Å². The molecule has 4 atom stereocenters. The zero-order valence-electron chi connectivity index (χ0n) is 13.1. The van der Waals surface area contributed by atoms with Crippen molar-refractivity contribution < 1.29 is 0 Å². The summed E-state index contributed by atoms with van der Waals surface area (Å²) in [5.74, 6) is 2.36. The Balaban J connectivity index is 4.77. The van der Waals surface area contributed by atoms with E-state index < -0.39 is 0 Å². The van der Waals surface area contributed by atoms with E-state index in [2.05, 4.69) is 41.5 Å². The van der Waals surface area contributed by atoms with Crippen LogP contribution in [0.2, 0.25) is 0 Å². The molecule has 0 aromatic rings. The fourth-order valence-corrected chi connectivity index (χ4v) is 3.40. The Bertz CT molecular complexity index is 190. The molecule has 0 radical (unpaired) electrons. The fraction of sp³-hybridized carbons (Fsp3) is 1.00. The van der Waals surface area contributed by atoms with Crippen molar-refractivity contribution in [2.75, 3.05) is 6.54 Å². The van der Waals surface area contributed by atoms with E-state index in [1.54, 1.807) is 0 Å². The van der Waals surface area contributed by atoms with E-state index in [0.717, 1.165) is 24.3 Å². The third-order valence-electron chi connectivity index (χ3n) is 5.15. The maximum Gasteiger partial charge on any atom is -0.00745 e. The van der Waals surface area contributed by atoms with Crippen LogP contribution in [0.1, 0.15) is 73.6 Å². The molecule has 0 bridgehead atoms. The van der Waals surface area contributed by atoms with E-state index in [4.69, 9.17) is 5.73 Å². The normalized spacial score (nSPS) is 20.6. The number of hydrogen-bond acceptors (Lipinski definition) is 1. The highest BCUT2D eigenvalue weighted by Gasteiger charge is 2.37. The maximum absolute atomic E-state index is 5.76. The average molecular weight is 241 g/mol. The molecule has 2 N–H and O–H groups in total. The van der Waals surface area contributed by atoms with Gasteiger partial charge in [-0.1, -0.05) is 60.8 Å². The minimum Gasteiger partial charge on any atom is -0.330 e. The van der Waals surface area contributed by atoms with Crippen molar-refractivity contribution in [3.63, 3.8) is 0 Å². The molecule has 0 saturated carbocycles. The maximum atomic E-state index is 5.76. The zero-order valence-corrected chi connectivity index (χ0v) is 13.1. The average Bonchev–Trinajstić information content (AvgIpc) is 2.28. The molecule has 0 heterocycles. The van der Waals surface area contributed by atoms with Gasteiger partial charge in [-0.25, -0.2) is 0 Å². The van der Waals surface area contributed by atoms with Crippen LogP contribution in [-0.4, -0.2) is 6.54 Å². The van der Waals surface area contributed by atoms with E-state index in [-0.39, 0.29) is 0 Å². The van der Waals surface area contributed by atoms with Gasteiger partial charge in [-0.2, -0.15) is 0 Å². The Labute approximate surface area is 110 Å². The molecule has 0 rings (SSSR count). The van der Waals surface area contributed by atoms with E-state index in [1.807, 2.05) is 0 Å². The van der Waals surface area contributed by atoms with Crippen LogP contribution >= 0.6 is 0 Å². The van der Waals surface area contributed by atoms with Crippen molar-refractivity contribution in [3.8, 4) is 0 Å². The lowest BCUT2D eigenvalue weighted by atomic mass is 9.61. The van der Waals surface area contributed by atoms with Crippen LogP contribution in [0.5, 0.6) is 0 Å². The highest BCUT2D eigenvalue weighted by atomic mass is 14.5. The lowest BCUT2D eigenvalue weighted by molar-refractivity contribution is 0.0563. The van der Waals surface area contributed by atoms with Gasteiger partial charge in [-0.05, 0) is 42.6 Å². The van der Waals surface area contributed by atoms with Crippen molar-refractivity contribution in [1.29, 1.82) is 0 Å². The number of nitrogens with two attached hydrogens (primary N) is 1. The van der Waals surface area contributed by atoms with Gasteiger partial charge in [-0.3, -0.25) is 0 Å². The molecule has 1 heteroatoms. The standard InChI is InChI=1S/C16H35N/c1-7-9-13(3)15(5)16(6,11-8-2)14(4)10-12-17/h13-15H,7-12,17H2,1-6H3. The van der Waals surface area contributed by atoms with E-state index in [0.29, 0.717) is 5.41 Å². The molecule has 0 fully saturated rings. The summed E-state index contributed by atoms with van der Waals surface area (Å²) in [6.07, 6.45) is 6.45. The highest BCUT2D eigenvalue weighted by molar-refractivity contribution is 4.87. The Morgan fingerprint density at radius 1 is 1.00 bits per heavy atom. The summed E-state index contributed by atoms with van der Waals surface area (Å²) < 4.78 is 0. The molecule has 0 aliphatic rings. The van der Waals surface area contributed by atoms with Gasteiger partial charge in [-0.15, -0.1) is 0 Å². The predicted molar refractivity (Wildman–Crippen MR) is 79.1 cm³/mol. The minimum absolute atomic E-state index is 0.461. The van der Waals surface area contributed by atoms with Gasteiger partial charge in [0, 0.05) is 0 Å². The second kappa shape index (κ2) is 8.13. The summed E-state index contributed by atoms with van der Waals surface area (Å²) >= 11 is 0. The van der Waals surface area contributed by atoms with Crippen molar-refractivity contribution >= 4 is 0 Å². The third-order valence-corrected chi connectivity index (χ3v) is 5.15. The first-order valence-corrected chi connectivity index (χ1v) is 7.64. The van der Waals surface area contributed by atoms with Crippen molar-refractivity contribution in [1.82, 2.24) is 0 Å². The summed E-state index contributed by atoms with van der Waals surface area (Å²) in [5, 5.41) is 0. The highest BCUT2D eigenvalue weighted by Crippen LogP contribution is 2.45. The van der Waals surface area contributed by atoms with Crippen LogP contribution in [-0.2, 0) is 0 Å². The molecular formula is C16H35N. The van der Waals surface area contributed by atoms with Gasteiger partial charge in [0.1, 0.15) is 0 Å². The van der Waals surface area contributed by atoms with Crippen LogP contribution in [0.3, 0.4) is 0 Å². The second-order valence-electron chi connectivity index (χ2n) is 6.29. The summed E-state index contributed by atoms with van der Waals surface area (Å²) in [5.41, 5.74) is 6.22. The van der Waals surface area contributed by atoms with Gasteiger partial charge >= 0.3 is 0 Å². The van der Waals surface area contributed by atoms with Gasteiger partial charge < -0.3 is 5.73 Å².